The maximum Gasteiger partial charge on any atom is 0.0588 e. The Hall–Kier alpha value is -0.860. The van der Waals surface area contributed by atoms with Crippen LogP contribution in [0, 0.1) is 19.8 Å². The van der Waals surface area contributed by atoms with Crippen LogP contribution in [0.5, 0.6) is 0 Å². The summed E-state index contributed by atoms with van der Waals surface area (Å²) in [5.74, 6) is 0.748. The second-order valence-electron chi connectivity index (χ2n) is 5.64. The van der Waals surface area contributed by atoms with Gasteiger partial charge in [0.15, 0.2) is 0 Å². The maximum atomic E-state index is 5.55. The largest absolute Gasteiger partial charge is 0.379 e. The Morgan fingerprint density at radius 2 is 2.06 bits per heavy atom. The van der Waals surface area contributed by atoms with Gasteiger partial charge in [-0.1, -0.05) is 18.2 Å². The van der Waals surface area contributed by atoms with Gasteiger partial charge in [0.1, 0.15) is 0 Å². The molecule has 1 aromatic carbocycles. The molecule has 0 bridgehead atoms. The predicted molar refractivity (Wildman–Crippen MR) is 69.4 cm³/mol. The molecule has 3 rings (SSSR count). The smallest absolute Gasteiger partial charge is 0.0588 e. The number of hydrogen-bond acceptors (Lipinski definition) is 2. The molecule has 1 N–H and O–H groups in total. The molecule has 1 atom stereocenters. The quantitative estimate of drug-likeness (QED) is 0.842. The summed E-state index contributed by atoms with van der Waals surface area (Å²) in [4.78, 5) is 0. The minimum Gasteiger partial charge on any atom is -0.379 e. The zero-order chi connectivity index (χ0) is 11.9. The first kappa shape index (κ1) is 11.2. The molecule has 2 fully saturated rings. The Morgan fingerprint density at radius 3 is 2.59 bits per heavy atom. The molecule has 2 nitrogen and oxygen atoms in total. The first-order valence-electron chi connectivity index (χ1n) is 6.58. The Labute approximate surface area is 103 Å². The summed E-state index contributed by atoms with van der Waals surface area (Å²) in [5.41, 5.74) is 4.57. The van der Waals surface area contributed by atoms with Crippen molar-refractivity contribution in [2.75, 3.05) is 26.3 Å². The van der Waals surface area contributed by atoms with Gasteiger partial charge >= 0.3 is 0 Å². The minimum atomic E-state index is 0.294. The third-order valence-electron chi connectivity index (χ3n) is 4.64. The number of aryl methyl sites for hydroxylation is 2. The van der Waals surface area contributed by atoms with Gasteiger partial charge in [-0.2, -0.15) is 0 Å². The molecule has 0 radical (unpaired) electrons. The molecule has 0 aliphatic carbocycles. The summed E-state index contributed by atoms with van der Waals surface area (Å²) in [5, 5.41) is 3.49. The normalized spacial score (nSPS) is 26.8. The molecule has 1 aromatic rings. The molecule has 0 saturated carbocycles. The third-order valence-corrected chi connectivity index (χ3v) is 4.64. The Balaban J connectivity index is 1.96. The Bertz CT molecular complexity index is 417. The van der Waals surface area contributed by atoms with E-state index in [1.165, 1.54) is 23.1 Å². The number of nitrogens with one attached hydrogen (secondary N) is 1. The average molecular weight is 231 g/mol. The highest BCUT2D eigenvalue weighted by atomic mass is 16.5. The highest BCUT2D eigenvalue weighted by Crippen LogP contribution is 2.42. The SMILES string of the molecule is Cc1ccc(C2(C3CCNC3)COC2)cc1C. The van der Waals surface area contributed by atoms with Crippen LogP contribution in [0.3, 0.4) is 0 Å². The highest BCUT2D eigenvalue weighted by molar-refractivity contribution is 5.37. The van der Waals surface area contributed by atoms with Crippen LogP contribution in [0.1, 0.15) is 23.1 Å². The first-order valence-corrected chi connectivity index (χ1v) is 6.58. The van der Waals surface area contributed by atoms with Crippen molar-refractivity contribution in [1.82, 2.24) is 5.32 Å². The highest BCUT2D eigenvalue weighted by Gasteiger charge is 2.47. The van der Waals surface area contributed by atoms with Crippen molar-refractivity contribution in [3.63, 3.8) is 0 Å². The van der Waals surface area contributed by atoms with Crippen molar-refractivity contribution in [2.45, 2.75) is 25.7 Å². The van der Waals surface area contributed by atoms with E-state index in [-0.39, 0.29) is 0 Å². The fourth-order valence-corrected chi connectivity index (χ4v) is 3.14. The van der Waals surface area contributed by atoms with Crippen LogP contribution in [0.2, 0.25) is 0 Å². The van der Waals surface area contributed by atoms with E-state index < -0.39 is 0 Å². The van der Waals surface area contributed by atoms with E-state index in [0.717, 1.165) is 32.2 Å². The van der Waals surface area contributed by atoms with Crippen LogP contribution in [0.25, 0.3) is 0 Å². The molecule has 0 amide bonds. The van der Waals surface area contributed by atoms with E-state index in [1.807, 2.05) is 0 Å². The summed E-state index contributed by atoms with van der Waals surface area (Å²) >= 11 is 0. The fraction of sp³-hybridized carbons (Fsp3) is 0.600. The van der Waals surface area contributed by atoms with Crippen molar-refractivity contribution in [3.8, 4) is 0 Å². The van der Waals surface area contributed by atoms with Crippen LogP contribution in [-0.2, 0) is 10.2 Å². The Morgan fingerprint density at radius 1 is 1.24 bits per heavy atom. The summed E-state index contributed by atoms with van der Waals surface area (Å²) in [6.45, 7) is 8.51. The van der Waals surface area contributed by atoms with Crippen molar-refractivity contribution >= 4 is 0 Å². The zero-order valence-electron chi connectivity index (χ0n) is 10.8. The van der Waals surface area contributed by atoms with E-state index in [2.05, 4.69) is 37.4 Å². The number of hydrogen-bond donors (Lipinski definition) is 1. The van der Waals surface area contributed by atoms with Gasteiger partial charge in [0, 0.05) is 5.41 Å². The van der Waals surface area contributed by atoms with Crippen LogP contribution in [0.15, 0.2) is 18.2 Å². The average Bonchev–Trinajstić information content (AvgIpc) is 2.75. The van der Waals surface area contributed by atoms with E-state index in [1.54, 1.807) is 0 Å². The van der Waals surface area contributed by atoms with Crippen molar-refractivity contribution in [1.29, 1.82) is 0 Å². The molecule has 2 heteroatoms. The number of benzene rings is 1. The van der Waals surface area contributed by atoms with Crippen LogP contribution in [0.4, 0.5) is 0 Å². The van der Waals surface area contributed by atoms with Crippen LogP contribution in [-0.4, -0.2) is 26.3 Å². The number of ether oxygens (including phenoxy) is 1. The standard InChI is InChI=1S/C15H21NO/c1-11-3-4-13(7-12(11)2)15(9-17-10-15)14-5-6-16-8-14/h3-4,7,14,16H,5-6,8-10H2,1-2H3. The maximum absolute atomic E-state index is 5.55. The molecule has 2 saturated heterocycles. The Kier molecular flexibility index (Phi) is 2.72. The summed E-state index contributed by atoms with van der Waals surface area (Å²) < 4.78 is 5.55. The molecule has 92 valence electrons. The topological polar surface area (TPSA) is 21.3 Å². The fourth-order valence-electron chi connectivity index (χ4n) is 3.14. The van der Waals surface area contributed by atoms with Gasteiger partial charge in [-0.25, -0.2) is 0 Å². The lowest BCUT2D eigenvalue weighted by Crippen LogP contribution is -2.53. The number of rotatable bonds is 2. The monoisotopic (exact) mass is 231 g/mol. The molecular formula is C15H21NO. The lowest BCUT2D eigenvalue weighted by Gasteiger charge is -2.46. The second-order valence-corrected chi connectivity index (χ2v) is 5.64. The molecular weight excluding hydrogens is 210 g/mol. The van der Waals surface area contributed by atoms with E-state index in [4.69, 9.17) is 4.74 Å². The van der Waals surface area contributed by atoms with Gasteiger partial charge in [-0.05, 0) is 56.0 Å². The first-order chi connectivity index (χ1) is 8.22. The summed E-state index contributed by atoms with van der Waals surface area (Å²) in [6, 6.07) is 6.94. The molecule has 2 heterocycles. The van der Waals surface area contributed by atoms with Crippen molar-refractivity contribution < 1.29 is 4.74 Å². The van der Waals surface area contributed by atoms with Crippen LogP contribution < -0.4 is 5.32 Å². The minimum absolute atomic E-state index is 0.294. The van der Waals surface area contributed by atoms with Gasteiger partial charge in [0.25, 0.3) is 0 Å². The predicted octanol–water partition coefficient (Wildman–Crippen LogP) is 2.18. The molecule has 2 aliphatic heterocycles. The molecule has 1 unspecified atom stereocenters. The second kappa shape index (κ2) is 4.11. The molecule has 0 spiro atoms. The van der Waals surface area contributed by atoms with Gasteiger partial charge in [-0.3, -0.25) is 0 Å². The third kappa shape index (κ3) is 1.71. The summed E-state index contributed by atoms with van der Waals surface area (Å²) in [7, 11) is 0. The van der Waals surface area contributed by atoms with Gasteiger partial charge in [0.05, 0.1) is 13.2 Å². The zero-order valence-corrected chi connectivity index (χ0v) is 10.8. The van der Waals surface area contributed by atoms with E-state index in [9.17, 15) is 0 Å². The van der Waals surface area contributed by atoms with E-state index >= 15 is 0 Å². The van der Waals surface area contributed by atoms with Gasteiger partial charge < -0.3 is 10.1 Å². The molecule has 0 aromatic heterocycles. The van der Waals surface area contributed by atoms with Gasteiger partial charge in [-0.15, -0.1) is 0 Å². The van der Waals surface area contributed by atoms with Crippen LogP contribution >= 0.6 is 0 Å². The molecule has 2 aliphatic rings. The molecule has 17 heavy (non-hydrogen) atoms. The lowest BCUT2D eigenvalue weighted by atomic mass is 9.68. The van der Waals surface area contributed by atoms with Gasteiger partial charge in [0.2, 0.25) is 0 Å². The summed E-state index contributed by atoms with van der Waals surface area (Å²) in [6.07, 6.45) is 1.29. The van der Waals surface area contributed by atoms with Crippen molar-refractivity contribution in [3.05, 3.63) is 34.9 Å². The lowest BCUT2D eigenvalue weighted by molar-refractivity contribution is -0.0869. The van der Waals surface area contributed by atoms with E-state index in [0.29, 0.717) is 5.41 Å². The van der Waals surface area contributed by atoms with Crippen molar-refractivity contribution in [2.24, 2.45) is 5.92 Å².